The maximum atomic E-state index is 11.9. The van der Waals surface area contributed by atoms with E-state index >= 15 is 0 Å². The van der Waals surface area contributed by atoms with Gasteiger partial charge in [-0.1, -0.05) is 55.2 Å². The van der Waals surface area contributed by atoms with Gasteiger partial charge in [-0.05, 0) is 53.9 Å². The fourth-order valence-electron chi connectivity index (χ4n) is 3.97. The Hall–Kier alpha value is -2.02. The number of amidine groups is 1. The number of carbonyl (C=O) groups is 1. The predicted octanol–water partition coefficient (Wildman–Crippen LogP) is 5.72. The van der Waals surface area contributed by atoms with Crippen LogP contribution in [-0.4, -0.2) is 26.1 Å². The van der Waals surface area contributed by atoms with Crippen LogP contribution in [0.3, 0.4) is 0 Å². The summed E-state index contributed by atoms with van der Waals surface area (Å²) in [6.07, 6.45) is 1.74. The lowest BCUT2D eigenvalue weighted by Gasteiger charge is -2.36. The zero-order valence-electron chi connectivity index (χ0n) is 16.1. The molecule has 0 bridgehead atoms. The summed E-state index contributed by atoms with van der Waals surface area (Å²) in [5, 5.41) is 11.5. The van der Waals surface area contributed by atoms with Gasteiger partial charge in [0, 0.05) is 16.9 Å². The molecule has 150 valence electrons. The number of nitrogens with zero attached hydrogens (tertiary/aromatic N) is 3. The van der Waals surface area contributed by atoms with Crippen molar-refractivity contribution in [2.75, 3.05) is 0 Å². The van der Waals surface area contributed by atoms with Crippen LogP contribution < -0.4 is 0 Å². The summed E-state index contributed by atoms with van der Waals surface area (Å²) in [5.41, 5.74) is 2.02. The van der Waals surface area contributed by atoms with Gasteiger partial charge in [0.25, 0.3) is 0 Å². The summed E-state index contributed by atoms with van der Waals surface area (Å²) in [7, 11) is 0. The number of halogens is 2. The van der Waals surface area contributed by atoms with Crippen molar-refractivity contribution in [2.45, 2.75) is 32.4 Å². The molecule has 5 nitrogen and oxygen atoms in total. The van der Waals surface area contributed by atoms with E-state index in [1.807, 2.05) is 44.2 Å². The monoisotopic (exact) mass is 447 g/mol. The highest BCUT2D eigenvalue weighted by atomic mass is 35.5. The van der Waals surface area contributed by atoms with E-state index in [2.05, 4.69) is 16.8 Å². The molecule has 0 amide bonds. The molecule has 1 aromatic heterocycles. The zero-order chi connectivity index (χ0) is 20.9. The molecule has 2 aliphatic rings. The Kier molecular flexibility index (Phi) is 5.13. The summed E-state index contributed by atoms with van der Waals surface area (Å²) in [5.74, 6) is -0.923. The average Bonchev–Trinajstić information content (AvgIpc) is 3.16. The summed E-state index contributed by atoms with van der Waals surface area (Å²) in [4.78, 5) is 23.6. The SMILES string of the molecule is CC(C)C1=C(C(=O)O)SC2=N[C@@](C)(c3ccc(Cl)cc3)[C@@H](c3ccc(Cl)nc3)N21. The smallest absolute Gasteiger partial charge is 0.344 e. The first-order chi connectivity index (χ1) is 13.7. The Labute approximate surface area is 183 Å². The third-order valence-corrected chi connectivity index (χ3v) is 6.78. The highest BCUT2D eigenvalue weighted by Gasteiger charge is 2.53. The number of thioether (sulfide) groups is 1. The van der Waals surface area contributed by atoms with Crippen LogP contribution in [0, 0.1) is 5.92 Å². The molecule has 0 radical (unpaired) electrons. The molecule has 1 N–H and O–H groups in total. The zero-order valence-corrected chi connectivity index (χ0v) is 18.4. The van der Waals surface area contributed by atoms with Gasteiger partial charge in [-0.25, -0.2) is 14.8 Å². The molecule has 0 spiro atoms. The number of aliphatic carboxylic acids is 1. The fourth-order valence-corrected chi connectivity index (χ4v) is 5.45. The molecule has 2 aromatic rings. The Bertz CT molecular complexity index is 1030. The van der Waals surface area contributed by atoms with Crippen molar-refractivity contribution >= 4 is 46.1 Å². The number of pyridine rings is 1. The van der Waals surface area contributed by atoms with E-state index in [1.165, 1.54) is 11.8 Å². The largest absolute Gasteiger partial charge is 0.477 e. The molecule has 2 aliphatic heterocycles. The van der Waals surface area contributed by atoms with E-state index in [1.54, 1.807) is 12.3 Å². The molecular weight excluding hydrogens is 429 g/mol. The Morgan fingerprint density at radius 2 is 1.90 bits per heavy atom. The third kappa shape index (κ3) is 3.33. The van der Waals surface area contributed by atoms with E-state index in [0.29, 0.717) is 20.2 Å². The maximum Gasteiger partial charge on any atom is 0.344 e. The molecule has 0 fully saturated rings. The summed E-state index contributed by atoms with van der Waals surface area (Å²) in [6.45, 7) is 6.05. The molecule has 2 atom stereocenters. The lowest BCUT2D eigenvalue weighted by atomic mass is 9.81. The molecular formula is C21H19Cl2N3O2S. The highest BCUT2D eigenvalue weighted by Crippen LogP contribution is 2.55. The quantitative estimate of drug-likeness (QED) is 0.607. The number of benzene rings is 1. The van der Waals surface area contributed by atoms with Gasteiger partial charge in [0.1, 0.15) is 15.6 Å². The minimum absolute atomic E-state index is 0.0108. The minimum atomic E-state index is -0.933. The lowest BCUT2D eigenvalue weighted by molar-refractivity contribution is -0.131. The van der Waals surface area contributed by atoms with Crippen LogP contribution in [0.25, 0.3) is 0 Å². The number of carboxylic acids is 1. The summed E-state index contributed by atoms with van der Waals surface area (Å²) >= 11 is 13.3. The maximum absolute atomic E-state index is 11.9. The molecule has 0 unspecified atom stereocenters. The Balaban J connectivity index is 1.92. The van der Waals surface area contributed by atoms with Gasteiger partial charge < -0.3 is 10.0 Å². The minimum Gasteiger partial charge on any atom is -0.477 e. The van der Waals surface area contributed by atoms with Gasteiger partial charge in [-0.2, -0.15) is 0 Å². The van der Waals surface area contributed by atoms with Gasteiger partial charge in [0.2, 0.25) is 0 Å². The standard InChI is InChI=1S/C21H19Cl2N3O2S/c1-11(2)16-17(19(27)28)29-20-25-21(3,13-5-7-14(22)8-6-13)18(26(16)20)12-4-9-15(23)24-10-12/h4-11,18H,1-3H3,(H,27,28)/t18-,21+/m1/s1. The van der Waals surface area contributed by atoms with Crippen molar-refractivity contribution < 1.29 is 9.90 Å². The number of aliphatic imine (C=N–C) groups is 1. The highest BCUT2D eigenvalue weighted by molar-refractivity contribution is 8.18. The van der Waals surface area contributed by atoms with Crippen LogP contribution in [-0.2, 0) is 10.3 Å². The molecule has 4 rings (SSSR count). The third-order valence-electron chi connectivity index (χ3n) is 5.25. The number of aromatic nitrogens is 1. The topological polar surface area (TPSA) is 65.8 Å². The second-order valence-corrected chi connectivity index (χ2v) is 9.31. The first kappa shape index (κ1) is 20.3. The van der Waals surface area contributed by atoms with Crippen LogP contribution in [0.5, 0.6) is 0 Å². The van der Waals surface area contributed by atoms with Crippen LogP contribution in [0.2, 0.25) is 10.2 Å². The first-order valence-corrected chi connectivity index (χ1v) is 10.7. The van der Waals surface area contributed by atoms with Crippen molar-refractivity contribution in [3.05, 3.63) is 74.5 Å². The van der Waals surface area contributed by atoms with E-state index in [0.717, 1.165) is 16.8 Å². The normalized spacial score (nSPS) is 23.6. The van der Waals surface area contributed by atoms with Crippen molar-refractivity contribution in [2.24, 2.45) is 10.9 Å². The molecule has 3 heterocycles. The number of hydrogen-bond acceptors (Lipinski definition) is 5. The van der Waals surface area contributed by atoms with E-state index < -0.39 is 11.5 Å². The lowest BCUT2D eigenvalue weighted by Crippen LogP contribution is -2.36. The molecule has 1 aromatic carbocycles. The number of hydrogen-bond donors (Lipinski definition) is 1. The first-order valence-electron chi connectivity index (χ1n) is 9.14. The van der Waals surface area contributed by atoms with Crippen molar-refractivity contribution in [1.29, 1.82) is 0 Å². The number of fused-ring (bicyclic) bond motifs is 1. The molecule has 8 heteroatoms. The van der Waals surface area contributed by atoms with Crippen LogP contribution in [0.1, 0.15) is 37.9 Å². The predicted molar refractivity (Wildman–Crippen MR) is 117 cm³/mol. The van der Waals surface area contributed by atoms with Crippen LogP contribution in [0.4, 0.5) is 0 Å². The Morgan fingerprint density at radius 1 is 1.21 bits per heavy atom. The van der Waals surface area contributed by atoms with Gasteiger partial charge >= 0.3 is 5.97 Å². The van der Waals surface area contributed by atoms with Gasteiger partial charge in [-0.15, -0.1) is 0 Å². The number of carboxylic acid groups (broad SMARTS) is 1. The summed E-state index contributed by atoms with van der Waals surface area (Å²) in [6, 6.07) is 11.0. The van der Waals surface area contributed by atoms with E-state index in [4.69, 9.17) is 28.2 Å². The molecule has 29 heavy (non-hydrogen) atoms. The summed E-state index contributed by atoms with van der Waals surface area (Å²) < 4.78 is 0. The van der Waals surface area contributed by atoms with E-state index in [9.17, 15) is 9.90 Å². The second kappa shape index (κ2) is 7.35. The average molecular weight is 448 g/mol. The van der Waals surface area contributed by atoms with Crippen molar-refractivity contribution in [3.63, 3.8) is 0 Å². The van der Waals surface area contributed by atoms with Crippen molar-refractivity contribution in [3.8, 4) is 0 Å². The second-order valence-electron chi connectivity index (χ2n) is 7.51. The number of rotatable bonds is 4. The molecule has 0 saturated carbocycles. The molecule has 0 aliphatic carbocycles. The van der Waals surface area contributed by atoms with Crippen molar-refractivity contribution in [1.82, 2.24) is 9.88 Å². The Morgan fingerprint density at radius 3 is 2.45 bits per heavy atom. The molecule has 0 saturated heterocycles. The number of allylic oxidation sites excluding steroid dienone is 1. The van der Waals surface area contributed by atoms with Crippen LogP contribution in [0.15, 0.2) is 58.2 Å². The van der Waals surface area contributed by atoms with E-state index in [-0.39, 0.29) is 12.0 Å². The fraction of sp³-hybridized carbons (Fsp3) is 0.286. The van der Waals surface area contributed by atoms with Gasteiger partial charge in [-0.3, -0.25) is 0 Å². The van der Waals surface area contributed by atoms with Gasteiger partial charge in [0.15, 0.2) is 5.17 Å². The van der Waals surface area contributed by atoms with Crippen LogP contribution >= 0.6 is 35.0 Å². The van der Waals surface area contributed by atoms with Gasteiger partial charge in [0.05, 0.1) is 6.04 Å².